The second-order valence-electron chi connectivity index (χ2n) is 4.24. The predicted molar refractivity (Wildman–Crippen MR) is 85.9 cm³/mol. The van der Waals surface area contributed by atoms with Crippen LogP contribution < -0.4 is 10.9 Å². The number of nitrogens with zero attached hydrogens (tertiary/aromatic N) is 2. The lowest BCUT2D eigenvalue weighted by Gasteiger charge is -2.07. The molecule has 0 spiro atoms. The van der Waals surface area contributed by atoms with Gasteiger partial charge >= 0.3 is 0 Å². The first kappa shape index (κ1) is 14.7. The van der Waals surface area contributed by atoms with Gasteiger partial charge in [0, 0.05) is 21.9 Å². The number of carbonyl (C=O) groups excluding carboxylic acids is 1. The Balaban J connectivity index is 2.21. The molecule has 1 amide bonds. The lowest BCUT2D eigenvalue weighted by molar-refractivity contribution is 0.102. The molecule has 2 aromatic rings. The summed E-state index contributed by atoms with van der Waals surface area (Å²) in [6.07, 6.45) is 0.787. The maximum atomic E-state index is 12.1. The number of amides is 1. The molecule has 20 heavy (non-hydrogen) atoms. The molecular formula is C14H14IN3O2. The number of benzene rings is 1. The fourth-order valence-electron chi connectivity index (χ4n) is 1.70. The number of halogens is 1. The van der Waals surface area contributed by atoms with Gasteiger partial charge in [-0.25, -0.2) is 4.68 Å². The highest BCUT2D eigenvalue weighted by Gasteiger charge is 2.09. The van der Waals surface area contributed by atoms with Gasteiger partial charge in [-0.1, -0.05) is 13.0 Å². The van der Waals surface area contributed by atoms with E-state index in [1.165, 1.54) is 16.8 Å². The number of carbonyl (C=O) groups is 1. The zero-order valence-electron chi connectivity index (χ0n) is 11.0. The number of rotatable bonds is 4. The molecule has 0 unspecified atom stereocenters. The Bertz CT molecular complexity index is 682. The average Bonchev–Trinajstić information content (AvgIpc) is 2.41. The van der Waals surface area contributed by atoms with Crippen molar-refractivity contribution in [2.24, 2.45) is 0 Å². The van der Waals surface area contributed by atoms with Gasteiger partial charge in [-0.05, 0) is 53.3 Å². The quantitative estimate of drug-likeness (QED) is 0.826. The van der Waals surface area contributed by atoms with Crippen LogP contribution in [0.25, 0.3) is 0 Å². The smallest absolute Gasteiger partial charge is 0.276 e. The number of aryl methyl sites for hydroxylation is 1. The van der Waals surface area contributed by atoms with Crippen molar-refractivity contribution in [3.05, 3.63) is 56.0 Å². The summed E-state index contributed by atoms with van der Waals surface area (Å²) < 4.78 is 2.34. The lowest BCUT2D eigenvalue weighted by Crippen LogP contribution is -2.26. The van der Waals surface area contributed by atoms with E-state index in [0.717, 1.165) is 9.99 Å². The van der Waals surface area contributed by atoms with E-state index in [1.807, 2.05) is 31.2 Å². The van der Waals surface area contributed by atoms with Gasteiger partial charge in [0.15, 0.2) is 0 Å². The third kappa shape index (κ3) is 3.66. The van der Waals surface area contributed by atoms with Crippen molar-refractivity contribution in [1.29, 1.82) is 0 Å². The van der Waals surface area contributed by atoms with Crippen molar-refractivity contribution in [2.45, 2.75) is 19.9 Å². The summed E-state index contributed by atoms with van der Waals surface area (Å²) in [7, 11) is 0. The number of anilines is 1. The Morgan fingerprint density at radius 2 is 2.15 bits per heavy atom. The largest absolute Gasteiger partial charge is 0.321 e. The van der Waals surface area contributed by atoms with Crippen LogP contribution in [0.5, 0.6) is 0 Å². The summed E-state index contributed by atoms with van der Waals surface area (Å²) >= 11 is 2.18. The zero-order chi connectivity index (χ0) is 14.5. The molecule has 104 valence electrons. The highest BCUT2D eigenvalue weighted by Crippen LogP contribution is 2.13. The van der Waals surface area contributed by atoms with Crippen LogP contribution in [0.3, 0.4) is 0 Å². The summed E-state index contributed by atoms with van der Waals surface area (Å²) in [6, 6.07) is 10.3. The Morgan fingerprint density at radius 1 is 1.35 bits per heavy atom. The van der Waals surface area contributed by atoms with Crippen molar-refractivity contribution < 1.29 is 4.79 Å². The fraction of sp³-hybridized carbons (Fsp3) is 0.214. The van der Waals surface area contributed by atoms with Gasteiger partial charge in [0.1, 0.15) is 5.69 Å². The molecule has 0 bridgehead atoms. The Hall–Kier alpha value is -1.70. The predicted octanol–water partition coefficient (Wildman–Crippen LogP) is 2.51. The maximum absolute atomic E-state index is 12.1. The highest BCUT2D eigenvalue weighted by atomic mass is 127. The summed E-state index contributed by atoms with van der Waals surface area (Å²) in [5.74, 6) is -0.322. The van der Waals surface area contributed by atoms with Crippen LogP contribution >= 0.6 is 22.6 Å². The Labute approximate surface area is 130 Å². The van der Waals surface area contributed by atoms with Gasteiger partial charge in [-0.3, -0.25) is 9.59 Å². The molecule has 0 fully saturated rings. The van der Waals surface area contributed by atoms with Crippen molar-refractivity contribution in [3.63, 3.8) is 0 Å². The topological polar surface area (TPSA) is 64.0 Å². The minimum atomic E-state index is -0.322. The molecule has 2 rings (SSSR count). The van der Waals surface area contributed by atoms with Gasteiger partial charge in [0.25, 0.3) is 11.5 Å². The summed E-state index contributed by atoms with van der Waals surface area (Å²) in [4.78, 5) is 23.7. The van der Waals surface area contributed by atoms with Gasteiger partial charge in [0.05, 0.1) is 0 Å². The Kier molecular flexibility index (Phi) is 4.89. The average molecular weight is 383 g/mol. The first-order valence-corrected chi connectivity index (χ1v) is 7.33. The standard InChI is InChI=1S/C14H14IN3O2/c1-2-8-18-13(19)7-6-12(17-18)14(20)16-11-5-3-4-10(15)9-11/h3-7,9H,2,8H2,1H3,(H,16,20). The van der Waals surface area contributed by atoms with Crippen LogP contribution in [-0.2, 0) is 6.54 Å². The van der Waals surface area contributed by atoms with Crippen LogP contribution in [0.15, 0.2) is 41.2 Å². The van der Waals surface area contributed by atoms with E-state index in [4.69, 9.17) is 0 Å². The van der Waals surface area contributed by atoms with Crippen molar-refractivity contribution in [1.82, 2.24) is 9.78 Å². The molecule has 5 nitrogen and oxygen atoms in total. The Morgan fingerprint density at radius 3 is 2.85 bits per heavy atom. The van der Waals surface area contributed by atoms with Gasteiger partial charge < -0.3 is 5.32 Å². The first-order chi connectivity index (χ1) is 9.60. The van der Waals surface area contributed by atoms with Crippen molar-refractivity contribution in [3.8, 4) is 0 Å². The monoisotopic (exact) mass is 383 g/mol. The second-order valence-corrected chi connectivity index (χ2v) is 5.49. The van der Waals surface area contributed by atoms with E-state index in [2.05, 4.69) is 33.0 Å². The number of hydrogen-bond acceptors (Lipinski definition) is 3. The molecule has 1 N–H and O–H groups in total. The molecule has 0 aliphatic carbocycles. The molecule has 1 aromatic carbocycles. The first-order valence-electron chi connectivity index (χ1n) is 6.25. The molecule has 0 aliphatic heterocycles. The van der Waals surface area contributed by atoms with Crippen LogP contribution in [0.4, 0.5) is 5.69 Å². The molecule has 1 aromatic heterocycles. The van der Waals surface area contributed by atoms with E-state index < -0.39 is 0 Å². The van der Waals surface area contributed by atoms with E-state index in [-0.39, 0.29) is 17.2 Å². The van der Waals surface area contributed by atoms with E-state index in [9.17, 15) is 9.59 Å². The zero-order valence-corrected chi connectivity index (χ0v) is 13.1. The van der Waals surface area contributed by atoms with Crippen molar-refractivity contribution in [2.75, 3.05) is 5.32 Å². The van der Waals surface area contributed by atoms with E-state index >= 15 is 0 Å². The molecule has 6 heteroatoms. The summed E-state index contributed by atoms with van der Waals surface area (Å²) in [5.41, 5.74) is 0.742. The number of hydrogen-bond donors (Lipinski definition) is 1. The van der Waals surface area contributed by atoms with Gasteiger partial charge in [-0.15, -0.1) is 0 Å². The molecule has 0 saturated carbocycles. The van der Waals surface area contributed by atoms with Crippen molar-refractivity contribution >= 4 is 34.2 Å². The molecule has 0 radical (unpaired) electrons. The van der Waals surface area contributed by atoms with E-state index in [0.29, 0.717) is 12.2 Å². The SMILES string of the molecule is CCCn1nc(C(=O)Nc2cccc(I)c2)ccc1=O. The second kappa shape index (κ2) is 6.65. The number of aromatic nitrogens is 2. The van der Waals surface area contributed by atoms with Gasteiger partial charge in [0.2, 0.25) is 0 Å². The minimum Gasteiger partial charge on any atom is -0.321 e. The molecule has 1 heterocycles. The van der Waals surface area contributed by atoms with E-state index in [1.54, 1.807) is 0 Å². The lowest BCUT2D eigenvalue weighted by atomic mass is 10.3. The molecule has 0 atom stereocenters. The third-order valence-electron chi connectivity index (χ3n) is 2.62. The van der Waals surface area contributed by atoms with Gasteiger partial charge in [-0.2, -0.15) is 5.10 Å². The fourth-order valence-corrected chi connectivity index (χ4v) is 2.25. The molecule has 0 saturated heterocycles. The normalized spacial score (nSPS) is 10.3. The van der Waals surface area contributed by atoms with Crippen LogP contribution in [-0.4, -0.2) is 15.7 Å². The molecular weight excluding hydrogens is 369 g/mol. The minimum absolute atomic E-state index is 0.197. The highest BCUT2D eigenvalue weighted by molar-refractivity contribution is 14.1. The summed E-state index contributed by atoms with van der Waals surface area (Å²) in [6.45, 7) is 2.45. The number of nitrogens with one attached hydrogen (secondary N) is 1. The summed E-state index contributed by atoms with van der Waals surface area (Å²) in [5, 5.41) is 6.84. The van der Waals surface area contributed by atoms with Crippen LogP contribution in [0, 0.1) is 3.57 Å². The molecule has 0 aliphatic rings. The third-order valence-corrected chi connectivity index (χ3v) is 3.29. The maximum Gasteiger partial charge on any atom is 0.276 e. The van der Waals surface area contributed by atoms with Crippen LogP contribution in [0.1, 0.15) is 23.8 Å². The van der Waals surface area contributed by atoms with Crippen LogP contribution in [0.2, 0.25) is 0 Å².